The van der Waals surface area contributed by atoms with Crippen LogP contribution in [0.2, 0.25) is 0 Å². The number of nitrogens with two attached hydrogens (primary N) is 5. The first-order valence-electron chi connectivity index (χ1n) is 42.6. The van der Waals surface area contributed by atoms with Crippen LogP contribution in [0.1, 0.15) is 121 Å². The predicted molar refractivity (Wildman–Crippen MR) is 481 cm³/mol. The van der Waals surface area contributed by atoms with Crippen molar-refractivity contribution in [1.29, 1.82) is 0 Å². The molecule has 18 amide bonds. The van der Waals surface area contributed by atoms with Crippen molar-refractivity contribution >= 4 is 144 Å². The number of amides is 18. The van der Waals surface area contributed by atoms with Crippen LogP contribution in [-0.4, -0.2) is 294 Å². The van der Waals surface area contributed by atoms with E-state index in [9.17, 15) is 106 Å². The van der Waals surface area contributed by atoms with Crippen LogP contribution in [0.5, 0.6) is 5.75 Å². The highest BCUT2D eigenvalue weighted by atomic mass is 32.1. The number of nitrogens with one attached hydrogen (secondary N) is 15. The second-order valence-corrected chi connectivity index (χ2v) is 34.2. The fraction of sp³-hybridized carbons (Fsp3) is 0.512. The molecule has 2 fully saturated rings. The van der Waals surface area contributed by atoms with Gasteiger partial charge in [0.15, 0.2) is 5.96 Å². The molecule has 0 spiro atoms. The maximum Gasteiger partial charge on any atom is 0.326 e. The Morgan fingerprint density at radius 2 is 1.02 bits per heavy atom. The molecule has 2 aliphatic heterocycles. The molecule has 720 valence electrons. The summed E-state index contributed by atoms with van der Waals surface area (Å²) in [5.74, 6) is -19.0. The van der Waals surface area contributed by atoms with Crippen LogP contribution in [0.25, 0.3) is 0 Å². The van der Waals surface area contributed by atoms with Crippen molar-refractivity contribution in [3.8, 4) is 5.75 Å². The number of aliphatic hydroxyl groups is 1. The first-order chi connectivity index (χ1) is 62.4. The van der Waals surface area contributed by atoms with Gasteiger partial charge in [-0.1, -0.05) is 86.6 Å². The molecular formula is C84H120N24O22S2. The third kappa shape index (κ3) is 36.1. The summed E-state index contributed by atoms with van der Waals surface area (Å²) >= 11 is 8.82. The van der Waals surface area contributed by atoms with Gasteiger partial charge in [-0.25, -0.2) is 9.78 Å². The maximum absolute atomic E-state index is 14.8. The van der Waals surface area contributed by atoms with Gasteiger partial charge >= 0.3 is 5.97 Å². The van der Waals surface area contributed by atoms with E-state index in [4.69, 9.17) is 28.7 Å². The number of rotatable bonds is 53. The number of primary amides is 2. The summed E-state index contributed by atoms with van der Waals surface area (Å²) in [6.07, 6.45) is -0.213. The third-order valence-electron chi connectivity index (χ3n) is 21.0. The molecule has 48 heteroatoms. The van der Waals surface area contributed by atoms with Gasteiger partial charge in [-0.3, -0.25) is 91.3 Å². The molecule has 4 aromatic rings. The van der Waals surface area contributed by atoms with E-state index < -0.39 is 234 Å². The number of aliphatic carboxylic acids is 1. The van der Waals surface area contributed by atoms with E-state index >= 15 is 0 Å². The number of phenols is 1. The summed E-state index contributed by atoms with van der Waals surface area (Å²) in [6.45, 7) is 4.44. The van der Waals surface area contributed by atoms with Crippen LogP contribution < -0.4 is 103 Å². The lowest BCUT2D eigenvalue weighted by Gasteiger charge is -2.33. The number of hydrogen-bond acceptors (Lipinski definition) is 26. The molecular weight excluding hydrogens is 1760 g/mol. The normalized spacial score (nSPS) is 16.2. The number of hydrogen-bond donors (Lipinski definition) is 25. The Hall–Kier alpha value is -13.5. The Balaban J connectivity index is 1.09. The summed E-state index contributed by atoms with van der Waals surface area (Å²) in [5, 5.41) is 65.5. The standard InChI is InChI=1S/C84H120N24O22S2/c1-44(2)31-53(74(121)103-58(34-48-22-24-50(110)25-23-48)81(128)108-30-13-20-60(108)78(125)104-59(42-131)77(124)102-57(36-63(87)112)72(119)95-41-67(116)107-29-14-21-61(107)82(129)130)97-65(114)39-92-64(113)38-93-71(118)54(32-46-15-8-6-9-16-46)100-75(122)56(35-49-37-90-43-96-49)98-66(115)40-94-79(126)68(45(3)109)105-80(127)69(84(4,5)132)106-76(123)55(33-47-17-10-7-11-18-47)101-73(120)52(19-12-28-91-83(88)89)99-70(117)51(85)26-27-62(86)111/h6-11,15-18,22-25,37,43-45,51-61,68-69,109-110,131-132H,12-14,19-21,26-36,38-42,85H2,1-5H3,(H2,86,111)(H2,87,112)(H,90,96)(H,92,113)(H,93,118)(H,94,126)(H,95,119)(H,97,114)(H,98,115)(H,99,117)(H,100,122)(H,101,120)(H,102,124)(H,103,121)(H,104,125)(H,105,127)(H,106,123)(H,129,130)(H4,88,89,91)/t45-,51+,52+,53+,54+,55+,56+,57+,58+,59-,60-,61+,68+,69+/m1/s1. The van der Waals surface area contributed by atoms with Crippen LogP contribution in [0, 0.1) is 5.92 Å². The molecule has 132 heavy (non-hydrogen) atoms. The zero-order valence-electron chi connectivity index (χ0n) is 73.6. The Kier molecular flexibility index (Phi) is 43.0. The monoisotopic (exact) mass is 1880 g/mol. The quantitative estimate of drug-likeness (QED) is 0.00845. The number of benzene rings is 3. The molecule has 2 aliphatic rings. The van der Waals surface area contributed by atoms with Crippen LogP contribution >= 0.6 is 25.3 Å². The van der Waals surface area contributed by atoms with Crippen molar-refractivity contribution in [2.24, 2.45) is 39.6 Å². The fourth-order valence-electron chi connectivity index (χ4n) is 14.1. The number of carboxylic acids is 1. The molecule has 0 unspecified atom stereocenters. The summed E-state index contributed by atoms with van der Waals surface area (Å²) in [7, 11) is 0. The zero-order valence-corrected chi connectivity index (χ0v) is 75.4. The highest BCUT2D eigenvalue weighted by molar-refractivity contribution is 7.81. The van der Waals surface area contributed by atoms with Crippen LogP contribution in [0.15, 0.2) is 102 Å². The first-order valence-corrected chi connectivity index (χ1v) is 43.7. The van der Waals surface area contributed by atoms with E-state index in [1.54, 1.807) is 74.5 Å². The number of imidazole rings is 1. The van der Waals surface area contributed by atoms with Crippen molar-refractivity contribution in [1.82, 2.24) is 94.2 Å². The molecule has 46 nitrogen and oxygen atoms in total. The highest BCUT2D eigenvalue weighted by Crippen LogP contribution is 2.24. The third-order valence-corrected chi connectivity index (χ3v) is 21.6. The number of carbonyl (C=O) groups is 19. The number of carboxylic acid groups (broad SMARTS) is 1. The summed E-state index contributed by atoms with van der Waals surface area (Å²) < 4.78 is -1.48. The van der Waals surface area contributed by atoms with Crippen molar-refractivity contribution < 1.29 is 106 Å². The summed E-state index contributed by atoms with van der Waals surface area (Å²) in [4.78, 5) is 272. The van der Waals surface area contributed by atoms with Crippen LogP contribution in [0.4, 0.5) is 0 Å². The van der Waals surface area contributed by atoms with E-state index in [-0.39, 0.29) is 120 Å². The highest BCUT2D eigenvalue weighted by Gasteiger charge is 2.44. The minimum absolute atomic E-state index is 0.0290. The van der Waals surface area contributed by atoms with Crippen molar-refractivity contribution in [2.45, 2.75) is 214 Å². The molecule has 14 atom stereocenters. The number of guanidine groups is 1. The van der Waals surface area contributed by atoms with Crippen molar-refractivity contribution in [2.75, 3.05) is 51.6 Å². The van der Waals surface area contributed by atoms with E-state index in [2.05, 4.69) is 115 Å². The average molecular weight is 1880 g/mol. The molecule has 0 aliphatic carbocycles. The van der Waals surface area contributed by atoms with Crippen LogP contribution in [0.3, 0.4) is 0 Å². The van der Waals surface area contributed by atoms with Gasteiger partial charge in [0.25, 0.3) is 0 Å². The van der Waals surface area contributed by atoms with Gasteiger partial charge in [0.2, 0.25) is 106 Å². The fourth-order valence-corrected chi connectivity index (χ4v) is 14.6. The van der Waals surface area contributed by atoms with E-state index in [1.807, 2.05) is 0 Å². The Labute approximate surface area is 771 Å². The van der Waals surface area contributed by atoms with Crippen molar-refractivity contribution in [3.63, 3.8) is 0 Å². The predicted octanol–water partition coefficient (Wildman–Crippen LogP) is -7.65. The number of phenolic OH excluding ortho intramolecular Hbond substituents is 1. The Bertz CT molecular complexity index is 4720. The lowest BCUT2D eigenvalue weighted by Crippen LogP contribution is -2.64. The number of likely N-dealkylation sites (tertiary alicyclic amines) is 2. The van der Waals surface area contributed by atoms with Crippen molar-refractivity contribution in [3.05, 3.63) is 120 Å². The number of H-pyrrole nitrogens is 1. The average Bonchev–Trinajstić information content (AvgIpc) is 1.70. The number of aromatic hydroxyl groups is 1. The number of carbonyl (C=O) groups excluding carboxylic acids is 18. The molecule has 3 aromatic carbocycles. The van der Waals surface area contributed by atoms with E-state index in [0.717, 1.165) is 11.8 Å². The smallest absolute Gasteiger partial charge is 0.326 e. The number of thiol groups is 2. The largest absolute Gasteiger partial charge is 0.508 e. The lowest BCUT2D eigenvalue weighted by atomic mass is 9.99. The summed E-state index contributed by atoms with van der Waals surface area (Å²) in [6, 6.07) is 3.20. The molecule has 28 N–H and O–H groups in total. The molecule has 1 aromatic heterocycles. The zero-order chi connectivity index (χ0) is 97.6. The number of aromatic amines is 1. The molecule has 0 radical (unpaired) electrons. The minimum Gasteiger partial charge on any atom is -0.508 e. The number of aliphatic imine (C=N–C) groups is 1. The molecule has 0 saturated carbocycles. The number of nitrogens with zero attached hydrogens (tertiary/aromatic N) is 4. The molecule has 2 saturated heterocycles. The number of aromatic nitrogens is 2. The Morgan fingerprint density at radius 1 is 0.523 bits per heavy atom. The summed E-state index contributed by atoms with van der Waals surface area (Å²) in [5.41, 5.74) is 29.4. The van der Waals surface area contributed by atoms with Gasteiger partial charge in [0.05, 0.1) is 51.1 Å². The van der Waals surface area contributed by atoms with Gasteiger partial charge in [0, 0.05) is 74.1 Å². The molecule has 0 bridgehead atoms. The van der Waals surface area contributed by atoms with Gasteiger partial charge in [0.1, 0.15) is 78.3 Å². The second-order valence-electron chi connectivity index (χ2n) is 32.7. The lowest BCUT2D eigenvalue weighted by molar-refractivity contribution is -0.148. The van der Waals surface area contributed by atoms with Gasteiger partial charge in [-0.05, 0) is 107 Å². The van der Waals surface area contributed by atoms with Gasteiger partial charge < -0.3 is 133 Å². The van der Waals surface area contributed by atoms with E-state index in [1.165, 1.54) is 55.5 Å². The van der Waals surface area contributed by atoms with Crippen LogP contribution in [-0.2, 0) is 117 Å². The van der Waals surface area contributed by atoms with E-state index in [0.29, 0.717) is 28.8 Å². The molecule has 6 rings (SSSR count). The first kappa shape index (κ1) is 107. The second kappa shape index (κ2) is 53.0. The minimum atomic E-state index is -1.85. The molecule has 3 heterocycles. The van der Waals surface area contributed by atoms with Gasteiger partial charge in [-0.15, -0.1) is 0 Å². The maximum atomic E-state index is 14.8. The topological polar surface area (TPSA) is 731 Å². The Morgan fingerprint density at radius 3 is 1.58 bits per heavy atom. The van der Waals surface area contributed by atoms with Gasteiger partial charge in [-0.2, -0.15) is 25.3 Å². The SMILES string of the molecule is CC(C)C[C@H](NC(=O)CNC(=O)CNC(=O)[C@H](Cc1ccccc1)NC(=O)[C@H](Cc1cnc[nH]1)NC(=O)CNC(=O)[C@@H](NC(=O)[C@H](NC(=O)[C@H](Cc1ccccc1)NC(=O)[C@H](CCCN=C(N)N)NC(=O)[C@@H](N)CCC(N)=O)C(C)(C)S)[C@@H](C)O)C(=O)N[C@@H](Cc1ccc(O)cc1)C(=O)N1CCC[C@@H]1C(=O)N[C@H](CS)C(=O)N[C@@H](CC(N)=O)C(=O)NCC(=O)N1CCC[C@H]1C(=O)O. The number of aliphatic hydroxyl groups excluding tert-OH is 1.